The Morgan fingerprint density at radius 3 is 2.89 bits per heavy atom. The molecule has 19 heavy (non-hydrogen) atoms. The zero-order chi connectivity index (χ0) is 13.2. The standard InChI is InChI=1S/C13H15N5S/c1-9-11(19-10(2)15-9)7-14-8-13-17-16-12-5-3-4-6-18(12)13/h3-6,14H,7-8H2,1-2H3. The molecule has 0 bridgehead atoms. The van der Waals surface area contributed by atoms with Gasteiger partial charge in [0.1, 0.15) is 0 Å². The summed E-state index contributed by atoms with van der Waals surface area (Å²) in [5, 5.41) is 12.8. The fraction of sp³-hybridized carbons (Fsp3) is 0.308. The molecule has 0 aliphatic heterocycles. The number of thiazole rings is 1. The summed E-state index contributed by atoms with van der Waals surface area (Å²) < 4.78 is 2.00. The van der Waals surface area contributed by atoms with Crippen LogP contribution < -0.4 is 5.32 Å². The van der Waals surface area contributed by atoms with Crippen molar-refractivity contribution in [3.63, 3.8) is 0 Å². The Bertz CT molecular complexity index is 700. The van der Waals surface area contributed by atoms with Crippen molar-refractivity contribution >= 4 is 17.0 Å². The Labute approximate surface area is 115 Å². The van der Waals surface area contributed by atoms with Gasteiger partial charge in [-0.05, 0) is 26.0 Å². The van der Waals surface area contributed by atoms with E-state index in [1.165, 1.54) is 4.88 Å². The minimum atomic E-state index is 0.696. The Hall–Kier alpha value is -1.79. The number of nitrogens with one attached hydrogen (secondary N) is 1. The smallest absolute Gasteiger partial charge is 0.160 e. The topological polar surface area (TPSA) is 55.1 Å². The molecule has 0 saturated carbocycles. The number of hydrogen-bond acceptors (Lipinski definition) is 5. The van der Waals surface area contributed by atoms with Crippen molar-refractivity contribution in [2.45, 2.75) is 26.9 Å². The lowest BCUT2D eigenvalue weighted by Crippen LogP contribution is -2.14. The van der Waals surface area contributed by atoms with Gasteiger partial charge in [-0.1, -0.05) is 6.07 Å². The average molecular weight is 273 g/mol. The SMILES string of the molecule is Cc1nc(C)c(CNCc2nnc3ccccn23)s1. The van der Waals surface area contributed by atoms with Gasteiger partial charge in [0.2, 0.25) is 0 Å². The lowest BCUT2D eigenvalue weighted by Gasteiger charge is -2.02. The van der Waals surface area contributed by atoms with E-state index in [9.17, 15) is 0 Å². The van der Waals surface area contributed by atoms with E-state index in [2.05, 4.69) is 20.5 Å². The number of aromatic nitrogens is 4. The van der Waals surface area contributed by atoms with Crippen molar-refractivity contribution in [3.05, 3.63) is 45.8 Å². The molecule has 1 N–H and O–H groups in total. The van der Waals surface area contributed by atoms with Crippen LogP contribution in [0.25, 0.3) is 5.65 Å². The molecule has 0 aliphatic rings. The van der Waals surface area contributed by atoms with Crippen LogP contribution in [0.4, 0.5) is 0 Å². The molecule has 3 aromatic heterocycles. The van der Waals surface area contributed by atoms with Gasteiger partial charge in [0.15, 0.2) is 11.5 Å². The van der Waals surface area contributed by atoms with E-state index in [0.717, 1.165) is 28.7 Å². The van der Waals surface area contributed by atoms with E-state index >= 15 is 0 Å². The summed E-state index contributed by atoms with van der Waals surface area (Å²) in [5.41, 5.74) is 1.99. The number of hydrogen-bond donors (Lipinski definition) is 1. The fourth-order valence-corrected chi connectivity index (χ4v) is 2.94. The molecule has 0 fully saturated rings. The Balaban J connectivity index is 1.68. The van der Waals surface area contributed by atoms with Crippen molar-refractivity contribution in [1.29, 1.82) is 0 Å². The average Bonchev–Trinajstić information content (AvgIpc) is 2.94. The first-order valence-corrected chi connectivity index (χ1v) is 6.98. The van der Waals surface area contributed by atoms with Gasteiger partial charge in [-0.15, -0.1) is 21.5 Å². The quantitative estimate of drug-likeness (QED) is 0.791. The van der Waals surface area contributed by atoms with Crippen LogP contribution in [0.15, 0.2) is 24.4 Å². The number of rotatable bonds is 4. The number of fused-ring (bicyclic) bond motifs is 1. The van der Waals surface area contributed by atoms with E-state index < -0.39 is 0 Å². The molecule has 3 rings (SSSR count). The van der Waals surface area contributed by atoms with E-state index in [1.807, 2.05) is 42.6 Å². The first-order chi connectivity index (χ1) is 9.24. The minimum Gasteiger partial charge on any atom is -0.305 e. The molecule has 0 amide bonds. The maximum Gasteiger partial charge on any atom is 0.160 e. The van der Waals surface area contributed by atoms with Crippen LogP contribution >= 0.6 is 11.3 Å². The first-order valence-electron chi connectivity index (χ1n) is 6.16. The second-order valence-electron chi connectivity index (χ2n) is 4.39. The van der Waals surface area contributed by atoms with Crippen molar-refractivity contribution in [2.24, 2.45) is 0 Å². The fourth-order valence-electron chi connectivity index (χ4n) is 2.04. The van der Waals surface area contributed by atoms with Crippen molar-refractivity contribution in [3.8, 4) is 0 Å². The summed E-state index contributed by atoms with van der Waals surface area (Å²) in [5.74, 6) is 0.925. The predicted molar refractivity (Wildman–Crippen MR) is 75.1 cm³/mol. The van der Waals surface area contributed by atoms with Crippen LogP contribution in [0.5, 0.6) is 0 Å². The van der Waals surface area contributed by atoms with Gasteiger partial charge < -0.3 is 5.32 Å². The monoisotopic (exact) mass is 273 g/mol. The maximum atomic E-state index is 4.42. The minimum absolute atomic E-state index is 0.696. The molecule has 0 radical (unpaired) electrons. The third kappa shape index (κ3) is 2.50. The molecule has 0 aliphatic carbocycles. The normalized spacial score (nSPS) is 11.3. The summed E-state index contributed by atoms with van der Waals surface area (Å²) >= 11 is 1.74. The Kier molecular flexibility index (Phi) is 3.27. The molecule has 3 heterocycles. The highest BCUT2D eigenvalue weighted by Gasteiger charge is 2.06. The molecule has 5 nitrogen and oxygen atoms in total. The summed E-state index contributed by atoms with van der Waals surface area (Å²) in [7, 11) is 0. The molecule has 6 heteroatoms. The van der Waals surface area contributed by atoms with E-state index in [1.54, 1.807) is 11.3 Å². The zero-order valence-electron chi connectivity index (χ0n) is 10.9. The van der Waals surface area contributed by atoms with E-state index in [0.29, 0.717) is 6.54 Å². The lowest BCUT2D eigenvalue weighted by molar-refractivity contribution is 0.659. The number of aryl methyl sites for hydroxylation is 2. The third-order valence-corrected chi connectivity index (χ3v) is 4.03. The molecule has 0 atom stereocenters. The van der Waals surface area contributed by atoms with Crippen molar-refractivity contribution < 1.29 is 0 Å². The Morgan fingerprint density at radius 1 is 1.21 bits per heavy atom. The van der Waals surface area contributed by atoms with Crippen LogP contribution in [-0.4, -0.2) is 19.6 Å². The first kappa shape index (κ1) is 12.3. The number of nitrogens with zero attached hydrogens (tertiary/aromatic N) is 4. The summed E-state index contributed by atoms with van der Waals surface area (Å²) in [6, 6.07) is 5.90. The summed E-state index contributed by atoms with van der Waals surface area (Å²) in [6.45, 7) is 5.60. The molecule has 0 unspecified atom stereocenters. The van der Waals surface area contributed by atoms with Gasteiger partial charge in [0.05, 0.1) is 17.2 Å². The highest BCUT2D eigenvalue weighted by Crippen LogP contribution is 2.16. The number of pyridine rings is 1. The van der Waals surface area contributed by atoms with Crippen LogP contribution in [0.2, 0.25) is 0 Å². The van der Waals surface area contributed by atoms with Gasteiger partial charge in [0, 0.05) is 17.6 Å². The van der Waals surface area contributed by atoms with Crippen LogP contribution in [0.1, 0.15) is 21.4 Å². The Morgan fingerprint density at radius 2 is 2.11 bits per heavy atom. The van der Waals surface area contributed by atoms with E-state index in [4.69, 9.17) is 0 Å². The molecule has 0 aromatic carbocycles. The molecule has 0 spiro atoms. The van der Waals surface area contributed by atoms with Crippen molar-refractivity contribution in [2.75, 3.05) is 0 Å². The van der Waals surface area contributed by atoms with Gasteiger partial charge in [-0.3, -0.25) is 4.40 Å². The summed E-state index contributed by atoms with van der Waals surface area (Å²) in [4.78, 5) is 5.71. The molecule has 0 saturated heterocycles. The van der Waals surface area contributed by atoms with Crippen LogP contribution in [-0.2, 0) is 13.1 Å². The van der Waals surface area contributed by atoms with Gasteiger partial charge in [0.25, 0.3) is 0 Å². The highest BCUT2D eigenvalue weighted by molar-refractivity contribution is 7.11. The van der Waals surface area contributed by atoms with Crippen LogP contribution in [0, 0.1) is 13.8 Å². The molecule has 98 valence electrons. The zero-order valence-corrected chi connectivity index (χ0v) is 11.7. The maximum absolute atomic E-state index is 4.42. The molecular formula is C13H15N5S. The molecular weight excluding hydrogens is 258 g/mol. The lowest BCUT2D eigenvalue weighted by atomic mass is 10.4. The van der Waals surface area contributed by atoms with Gasteiger partial charge in [-0.25, -0.2) is 4.98 Å². The third-order valence-electron chi connectivity index (χ3n) is 2.95. The van der Waals surface area contributed by atoms with Gasteiger partial charge >= 0.3 is 0 Å². The molecule has 3 aromatic rings. The largest absolute Gasteiger partial charge is 0.305 e. The predicted octanol–water partition coefficient (Wildman–Crippen LogP) is 2.09. The highest BCUT2D eigenvalue weighted by atomic mass is 32.1. The second kappa shape index (κ2) is 5.07. The second-order valence-corrected chi connectivity index (χ2v) is 5.68. The van der Waals surface area contributed by atoms with Crippen LogP contribution in [0.3, 0.4) is 0 Å². The summed E-state index contributed by atoms with van der Waals surface area (Å²) in [6.07, 6.45) is 1.98. The van der Waals surface area contributed by atoms with Crippen molar-refractivity contribution in [1.82, 2.24) is 24.9 Å². The van der Waals surface area contributed by atoms with E-state index in [-0.39, 0.29) is 0 Å². The van der Waals surface area contributed by atoms with Gasteiger partial charge in [-0.2, -0.15) is 0 Å².